The molecule has 0 aromatic carbocycles. The minimum atomic E-state index is -0.840. The van der Waals surface area contributed by atoms with Crippen LogP contribution in [0, 0.1) is 0 Å². The van der Waals surface area contributed by atoms with Crippen molar-refractivity contribution in [2.45, 2.75) is 37.7 Å². The highest BCUT2D eigenvalue weighted by molar-refractivity contribution is 4.87. The van der Waals surface area contributed by atoms with Gasteiger partial charge >= 0.3 is 0 Å². The van der Waals surface area contributed by atoms with Gasteiger partial charge in [-0.05, 0) is 13.3 Å². The largest absolute Gasteiger partial charge is 0.396 e. The Morgan fingerprint density at radius 2 is 2.18 bits per heavy atom. The number of nitrogens with two attached hydrogens (primary N) is 1. The fourth-order valence-electron chi connectivity index (χ4n) is 1.10. The van der Waals surface area contributed by atoms with Crippen molar-refractivity contribution < 1.29 is 14.9 Å². The van der Waals surface area contributed by atoms with E-state index in [0.717, 1.165) is 0 Å². The van der Waals surface area contributed by atoms with Gasteiger partial charge in [0.05, 0.1) is 5.60 Å². The summed E-state index contributed by atoms with van der Waals surface area (Å²) in [5, 5.41) is 18.1. The van der Waals surface area contributed by atoms with Gasteiger partial charge < -0.3 is 20.7 Å². The van der Waals surface area contributed by atoms with Crippen LogP contribution in [0.4, 0.5) is 0 Å². The van der Waals surface area contributed by atoms with E-state index < -0.39 is 5.60 Å². The molecule has 0 bridgehead atoms. The first-order valence-corrected chi connectivity index (χ1v) is 3.79. The van der Waals surface area contributed by atoms with Gasteiger partial charge in [-0.15, -0.1) is 0 Å². The number of hydrogen-bond donors (Lipinski definition) is 3. The molecule has 1 heterocycles. The molecule has 4 nitrogen and oxygen atoms in total. The topological polar surface area (TPSA) is 79.0 Å². The summed E-state index contributed by atoms with van der Waals surface area (Å²) >= 11 is 0. The molecule has 1 aliphatic heterocycles. The standard InChI is InChI=1S/C7H15NO3/c1-7(10,2-3-9)4-5-6(8)11-5/h5-6,9-10H,2-4,8H2,1H3. The number of aliphatic hydroxyl groups is 2. The highest BCUT2D eigenvalue weighted by atomic mass is 16.6. The molecule has 0 aliphatic carbocycles. The molecule has 1 saturated heterocycles. The minimum absolute atomic E-state index is 0.00500. The van der Waals surface area contributed by atoms with Crippen LogP contribution in [0.15, 0.2) is 0 Å². The van der Waals surface area contributed by atoms with Crippen molar-refractivity contribution in [3.8, 4) is 0 Å². The Bertz CT molecular complexity index is 138. The molecular formula is C7H15NO3. The van der Waals surface area contributed by atoms with E-state index in [9.17, 15) is 5.11 Å². The zero-order valence-electron chi connectivity index (χ0n) is 6.66. The molecule has 1 fully saturated rings. The summed E-state index contributed by atoms with van der Waals surface area (Å²) in [6.07, 6.45) is 0.658. The monoisotopic (exact) mass is 161 g/mol. The summed E-state index contributed by atoms with van der Waals surface area (Å²) in [7, 11) is 0. The van der Waals surface area contributed by atoms with Gasteiger partial charge in [0.2, 0.25) is 0 Å². The third kappa shape index (κ3) is 2.75. The Morgan fingerprint density at radius 1 is 1.64 bits per heavy atom. The molecule has 0 aromatic rings. The van der Waals surface area contributed by atoms with Crippen LogP contribution in [-0.2, 0) is 4.74 Å². The lowest BCUT2D eigenvalue weighted by Crippen LogP contribution is -2.28. The van der Waals surface area contributed by atoms with E-state index in [4.69, 9.17) is 15.6 Å². The lowest BCUT2D eigenvalue weighted by molar-refractivity contribution is 0.0191. The molecule has 4 N–H and O–H groups in total. The van der Waals surface area contributed by atoms with Gasteiger partial charge in [0, 0.05) is 13.0 Å². The number of rotatable bonds is 4. The van der Waals surface area contributed by atoms with Crippen molar-refractivity contribution in [2.75, 3.05) is 6.61 Å². The van der Waals surface area contributed by atoms with Gasteiger partial charge in [0.15, 0.2) is 0 Å². The zero-order chi connectivity index (χ0) is 8.48. The van der Waals surface area contributed by atoms with Crippen LogP contribution in [0.5, 0.6) is 0 Å². The van der Waals surface area contributed by atoms with Crippen LogP contribution in [0.1, 0.15) is 19.8 Å². The first kappa shape index (κ1) is 8.93. The highest BCUT2D eigenvalue weighted by Gasteiger charge is 2.40. The molecule has 0 saturated carbocycles. The highest BCUT2D eigenvalue weighted by Crippen LogP contribution is 2.28. The second kappa shape index (κ2) is 3.06. The molecule has 0 amide bonds. The minimum Gasteiger partial charge on any atom is -0.396 e. The Kier molecular flexibility index (Phi) is 2.49. The van der Waals surface area contributed by atoms with Gasteiger partial charge in [0.1, 0.15) is 12.3 Å². The number of epoxide rings is 1. The van der Waals surface area contributed by atoms with E-state index in [1.54, 1.807) is 6.92 Å². The average molecular weight is 161 g/mol. The molecule has 0 spiro atoms. The maximum Gasteiger partial charge on any atom is 0.132 e. The van der Waals surface area contributed by atoms with E-state index in [1.165, 1.54) is 0 Å². The van der Waals surface area contributed by atoms with Crippen molar-refractivity contribution in [3.63, 3.8) is 0 Å². The van der Waals surface area contributed by atoms with Crippen molar-refractivity contribution in [2.24, 2.45) is 5.73 Å². The van der Waals surface area contributed by atoms with E-state index in [1.807, 2.05) is 0 Å². The van der Waals surface area contributed by atoms with Gasteiger partial charge in [-0.25, -0.2) is 0 Å². The molecule has 11 heavy (non-hydrogen) atoms. The van der Waals surface area contributed by atoms with E-state index >= 15 is 0 Å². The number of hydrogen-bond acceptors (Lipinski definition) is 4. The lowest BCUT2D eigenvalue weighted by Gasteiger charge is -2.20. The fourth-order valence-corrected chi connectivity index (χ4v) is 1.10. The van der Waals surface area contributed by atoms with Crippen molar-refractivity contribution in [3.05, 3.63) is 0 Å². The third-order valence-electron chi connectivity index (χ3n) is 1.91. The molecule has 3 atom stereocenters. The first-order valence-electron chi connectivity index (χ1n) is 3.79. The first-order chi connectivity index (χ1) is 5.05. The molecule has 66 valence electrons. The average Bonchev–Trinajstić information content (AvgIpc) is 2.44. The van der Waals surface area contributed by atoms with Crippen LogP contribution >= 0.6 is 0 Å². The molecule has 0 radical (unpaired) electrons. The van der Waals surface area contributed by atoms with Gasteiger partial charge in [-0.2, -0.15) is 0 Å². The van der Waals surface area contributed by atoms with E-state index in [-0.39, 0.29) is 18.9 Å². The summed E-state index contributed by atoms with van der Waals surface area (Å²) in [4.78, 5) is 0. The molecule has 1 rings (SSSR count). The predicted octanol–water partition coefficient (Wildman–Crippen LogP) is -0.807. The van der Waals surface area contributed by atoms with Crippen LogP contribution in [-0.4, -0.2) is 34.8 Å². The summed E-state index contributed by atoms with van der Waals surface area (Å²) in [5.74, 6) is 0. The zero-order valence-corrected chi connectivity index (χ0v) is 6.66. The fraction of sp³-hybridized carbons (Fsp3) is 1.00. The Morgan fingerprint density at radius 3 is 2.55 bits per heavy atom. The predicted molar refractivity (Wildman–Crippen MR) is 39.8 cm³/mol. The van der Waals surface area contributed by atoms with Gasteiger partial charge in [-0.1, -0.05) is 0 Å². The SMILES string of the molecule is CC(O)(CCO)CC1OC1N. The van der Waals surface area contributed by atoms with Crippen LogP contribution in [0.2, 0.25) is 0 Å². The number of aliphatic hydroxyl groups excluding tert-OH is 1. The molecule has 1 aliphatic rings. The maximum absolute atomic E-state index is 9.55. The quantitative estimate of drug-likeness (QED) is 0.471. The second-order valence-corrected chi connectivity index (χ2v) is 3.31. The van der Waals surface area contributed by atoms with Crippen LogP contribution in [0.3, 0.4) is 0 Å². The Hall–Kier alpha value is -0.160. The third-order valence-corrected chi connectivity index (χ3v) is 1.91. The Labute approximate surface area is 66.0 Å². The molecular weight excluding hydrogens is 146 g/mol. The van der Waals surface area contributed by atoms with Crippen molar-refractivity contribution >= 4 is 0 Å². The summed E-state index contributed by atoms with van der Waals surface area (Å²) < 4.78 is 4.94. The van der Waals surface area contributed by atoms with Gasteiger partial charge in [-0.3, -0.25) is 0 Å². The van der Waals surface area contributed by atoms with Gasteiger partial charge in [0.25, 0.3) is 0 Å². The normalized spacial score (nSPS) is 34.9. The van der Waals surface area contributed by atoms with Crippen LogP contribution < -0.4 is 5.73 Å². The summed E-state index contributed by atoms with van der Waals surface area (Å²) in [5.41, 5.74) is 4.53. The Balaban J connectivity index is 2.22. The van der Waals surface area contributed by atoms with Crippen LogP contribution in [0.25, 0.3) is 0 Å². The summed E-state index contributed by atoms with van der Waals surface area (Å²) in [6, 6.07) is 0. The second-order valence-electron chi connectivity index (χ2n) is 3.31. The van der Waals surface area contributed by atoms with Crippen molar-refractivity contribution in [1.29, 1.82) is 0 Å². The maximum atomic E-state index is 9.55. The van der Waals surface area contributed by atoms with Crippen molar-refractivity contribution in [1.82, 2.24) is 0 Å². The number of ether oxygens (including phenoxy) is 1. The van der Waals surface area contributed by atoms with E-state index in [2.05, 4.69) is 0 Å². The summed E-state index contributed by atoms with van der Waals surface area (Å²) in [6.45, 7) is 1.67. The molecule has 0 aromatic heterocycles. The lowest BCUT2D eigenvalue weighted by atomic mass is 9.96. The smallest absolute Gasteiger partial charge is 0.132 e. The molecule has 3 unspecified atom stereocenters. The van der Waals surface area contributed by atoms with E-state index in [0.29, 0.717) is 12.8 Å². The molecule has 4 heteroatoms.